The van der Waals surface area contributed by atoms with E-state index in [1.165, 1.54) is 6.42 Å². The molecule has 2 heteroatoms. The summed E-state index contributed by atoms with van der Waals surface area (Å²) >= 11 is 0. The molecule has 0 heterocycles. The van der Waals surface area contributed by atoms with Crippen LogP contribution in [0.4, 0.5) is 0 Å². The first kappa shape index (κ1) is 9.30. The van der Waals surface area contributed by atoms with Gasteiger partial charge in [-0.3, -0.25) is 4.79 Å². The summed E-state index contributed by atoms with van der Waals surface area (Å²) < 4.78 is 0. The van der Waals surface area contributed by atoms with Crippen molar-refractivity contribution < 1.29 is 9.90 Å². The lowest BCUT2D eigenvalue weighted by Gasteiger charge is -2.18. The highest BCUT2D eigenvalue weighted by molar-refractivity contribution is 5.73. The third-order valence-corrected chi connectivity index (χ3v) is 2.48. The second-order valence-corrected chi connectivity index (χ2v) is 3.32. The maximum absolute atomic E-state index is 10.8. The molecule has 0 aromatic carbocycles. The van der Waals surface area contributed by atoms with Gasteiger partial charge in [-0.15, -0.1) is 0 Å². The van der Waals surface area contributed by atoms with Crippen molar-refractivity contribution in [2.75, 3.05) is 0 Å². The SMILES string of the molecule is CC[C@@H](C(=O)O)C1=CCCCC1. The third kappa shape index (κ3) is 2.10. The fourth-order valence-electron chi connectivity index (χ4n) is 1.77. The number of carbonyl (C=O) groups is 1. The molecule has 0 bridgehead atoms. The number of rotatable bonds is 3. The Bertz CT molecular complexity index is 194. The van der Waals surface area contributed by atoms with E-state index >= 15 is 0 Å². The van der Waals surface area contributed by atoms with Crippen LogP contribution in [-0.2, 0) is 4.79 Å². The summed E-state index contributed by atoms with van der Waals surface area (Å²) in [6.07, 6.45) is 7.28. The minimum absolute atomic E-state index is 0.217. The van der Waals surface area contributed by atoms with Gasteiger partial charge in [0.15, 0.2) is 0 Å². The van der Waals surface area contributed by atoms with E-state index in [0.29, 0.717) is 0 Å². The summed E-state index contributed by atoms with van der Waals surface area (Å²) in [6, 6.07) is 0. The van der Waals surface area contributed by atoms with E-state index in [-0.39, 0.29) is 5.92 Å². The molecule has 1 aliphatic rings. The highest BCUT2D eigenvalue weighted by Crippen LogP contribution is 2.26. The lowest BCUT2D eigenvalue weighted by molar-refractivity contribution is -0.140. The van der Waals surface area contributed by atoms with Crippen molar-refractivity contribution in [3.8, 4) is 0 Å². The first-order valence-electron chi connectivity index (χ1n) is 4.67. The van der Waals surface area contributed by atoms with E-state index in [0.717, 1.165) is 31.3 Å². The molecule has 0 spiro atoms. The Kier molecular flexibility index (Phi) is 3.32. The maximum Gasteiger partial charge on any atom is 0.310 e. The molecule has 1 aliphatic carbocycles. The highest BCUT2D eigenvalue weighted by Gasteiger charge is 2.20. The molecule has 1 N–H and O–H groups in total. The molecule has 0 saturated carbocycles. The predicted octanol–water partition coefficient (Wildman–Crippen LogP) is 2.60. The van der Waals surface area contributed by atoms with Crippen LogP contribution >= 0.6 is 0 Å². The maximum atomic E-state index is 10.8. The highest BCUT2D eigenvalue weighted by atomic mass is 16.4. The summed E-state index contributed by atoms with van der Waals surface area (Å²) in [5.74, 6) is -0.879. The van der Waals surface area contributed by atoms with Crippen LogP contribution in [0.1, 0.15) is 39.0 Å². The van der Waals surface area contributed by atoms with Gasteiger partial charge in [-0.25, -0.2) is 0 Å². The van der Waals surface area contributed by atoms with Crippen molar-refractivity contribution in [1.82, 2.24) is 0 Å². The summed E-state index contributed by atoms with van der Waals surface area (Å²) in [5.41, 5.74) is 1.15. The number of carboxylic acids is 1. The van der Waals surface area contributed by atoms with Crippen molar-refractivity contribution in [3.63, 3.8) is 0 Å². The molecule has 0 fully saturated rings. The fraction of sp³-hybridized carbons (Fsp3) is 0.700. The summed E-state index contributed by atoms with van der Waals surface area (Å²) in [6.45, 7) is 1.94. The van der Waals surface area contributed by atoms with Crippen molar-refractivity contribution >= 4 is 5.97 Å². The number of aliphatic carboxylic acids is 1. The molecule has 0 unspecified atom stereocenters. The molecule has 2 nitrogen and oxygen atoms in total. The van der Waals surface area contributed by atoms with Gasteiger partial charge in [-0.05, 0) is 32.1 Å². The second kappa shape index (κ2) is 4.29. The Morgan fingerprint density at radius 1 is 1.67 bits per heavy atom. The lowest BCUT2D eigenvalue weighted by atomic mass is 9.88. The standard InChI is InChI=1S/C10H16O2/c1-2-9(10(11)12)8-6-4-3-5-7-8/h6,9H,2-5,7H2,1H3,(H,11,12)/t9-/m1/s1. The van der Waals surface area contributed by atoms with Gasteiger partial charge in [0.2, 0.25) is 0 Å². The van der Waals surface area contributed by atoms with E-state index in [1.807, 2.05) is 6.92 Å². The minimum atomic E-state index is -0.661. The smallest absolute Gasteiger partial charge is 0.310 e. The van der Waals surface area contributed by atoms with Gasteiger partial charge < -0.3 is 5.11 Å². The van der Waals surface area contributed by atoms with E-state index in [9.17, 15) is 4.79 Å². The zero-order chi connectivity index (χ0) is 8.97. The number of hydrogen-bond donors (Lipinski definition) is 1. The molecule has 1 atom stereocenters. The number of allylic oxidation sites excluding steroid dienone is 1. The molecule has 12 heavy (non-hydrogen) atoms. The largest absolute Gasteiger partial charge is 0.481 e. The van der Waals surface area contributed by atoms with Crippen LogP contribution in [0.5, 0.6) is 0 Å². The van der Waals surface area contributed by atoms with Gasteiger partial charge >= 0.3 is 5.97 Å². The van der Waals surface area contributed by atoms with Crippen LogP contribution in [0.3, 0.4) is 0 Å². The normalized spacial score (nSPS) is 19.9. The predicted molar refractivity (Wildman–Crippen MR) is 48.0 cm³/mol. The van der Waals surface area contributed by atoms with Crippen LogP contribution < -0.4 is 0 Å². The van der Waals surface area contributed by atoms with E-state index < -0.39 is 5.97 Å². The zero-order valence-corrected chi connectivity index (χ0v) is 7.55. The fourth-order valence-corrected chi connectivity index (χ4v) is 1.77. The van der Waals surface area contributed by atoms with E-state index in [1.54, 1.807) is 0 Å². The first-order chi connectivity index (χ1) is 5.75. The van der Waals surface area contributed by atoms with E-state index in [4.69, 9.17) is 5.11 Å². The average molecular weight is 168 g/mol. The van der Waals surface area contributed by atoms with Crippen LogP contribution in [0.2, 0.25) is 0 Å². The van der Waals surface area contributed by atoms with Crippen LogP contribution in [0, 0.1) is 5.92 Å². The van der Waals surface area contributed by atoms with Gasteiger partial charge in [-0.2, -0.15) is 0 Å². The number of carboxylic acid groups (broad SMARTS) is 1. The summed E-state index contributed by atoms with van der Waals surface area (Å²) in [5, 5.41) is 8.88. The van der Waals surface area contributed by atoms with Crippen molar-refractivity contribution in [1.29, 1.82) is 0 Å². The van der Waals surface area contributed by atoms with Crippen molar-refractivity contribution in [3.05, 3.63) is 11.6 Å². The Morgan fingerprint density at radius 3 is 2.83 bits per heavy atom. The topological polar surface area (TPSA) is 37.3 Å². The number of hydrogen-bond acceptors (Lipinski definition) is 1. The quantitative estimate of drug-likeness (QED) is 0.658. The van der Waals surface area contributed by atoms with Gasteiger partial charge in [0, 0.05) is 0 Å². The van der Waals surface area contributed by atoms with Crippen LogP contribution in [0.25, 0.3) is 0 Å². The summed E-state index contributed by atoms with van der Waals surface area (Å²) in [7, 11) is 0. The van der Waals surface area contributed by atoms with Gasteiger partial charge in [0.05, 0.1) is 5.92 Å². The molecular formula is C10H16O2. The molecule has 0 aliphatic heterocycles. The average Bonchev–Trinajstić information content (AvgIpc) is 2.07. The molecule has 0 saturated heterocycles. The van der Waals surface area contributed by atoms with Gasteiger partial charge in [0.1, 0.15) is 0 Å². The summed E-state index contributed by atoms with van der Waals surface area (Å²) in [4.78, 5) is 10.8. The molecule has 1 rings (SSSR count). The third-order valence-electron chi connectivity index (χ3n) is 2.48. The molecule has 0 aromatic rings. The lowest BCUT2D eigenvalue weighted by Crippen LogP contribution is -2.16. The Labute approximate surface area is 73.3 Å². The zero-order valence-electron chi connectivity index (χ0n) is 7.55. The monoisotopic (exact) mass is 168 g/mol. The Hall–Kier alpha value is -0.790. The van der Waals surface area contributed by atoms with Gasteiger partial charge in [-0.1, -0.05) is 18.6 Å². The Morgan fingerprint density at radius 2 is 2.42 bits per heavy atom. The van der Waals surface area contributed by atoms with E-state index in [2.05, 4.69) is 6.08 Å². The van der Waals surface area contributed by atoms with Gasteiger partial charge in [0.25, 0.3) is 0 Å². The van der Waals surface area contributed by atoms with Crippen LogP contribution in [-0.4, -0.2) is 11.1 Å². The molecule has 68 valence electrons. The minimum Gasteiger partial charge on any atom is -0.481 e. The first-order valence-corrected chi connectivity index (χ1v) is 4.67. The van der Waals surface area contributed by atoms with Crippen molar-refractivity contribution in [2.45, 2.75) is 39.0 Å². The van der Waals surface area contributed by atoms with Crippen LogP contribution in [0.15, 0.2) is 11.6 Å². The molecule has 0 aromatic heterocycles. The Balaban J connectivity index is 2.64. The molecule has 0 amide bonds. The van der Waals surface area contributed by atoms with Crippen molar-refractivity contribution in [2.24, 2.45) is 5.92 Å². The molecule has 0 radical (unpaired) electrons. The molecular weight excluding hydrogens is 152 g/mol. The second-order valence-electron chi connectivity index (χ2n) is 3.32.